The third kappa shape index (κ3) is 4.85. The van der Waals surface area contributed by atoms with Gasteiger partial charge >= 0.3 is 0 Å². The number of nitrogen functional groups attached to an aromatic ring is 1. The maximum Gasteiger partial charge on any atom is 0.248 e. The number of carbonyl (C=O) groups is 1. The number of hydrogen-bond donors (Lipinski definition) is 5. The van der Waals surface area contributed by atoms with E-state index in [4.69, 9.17) is 21.9 Å². The summed E-state index contributed by atoms with van der Waals surface area (Å²) in [5.41, 5.74) is 18.7. The Kier molecular flexibility index (Phi) is 7.04. The minimum absolute atomic E-state index is 0.163. The van der Waals surface area contributed by atoms with Crippen molar-refractivity contribution in [3.8, 4) is 11.8 Å². The number of carbonyl (C=O) groups excluding carboxylic acids is 1. The van der Waals surface area contributed by atoms with E-state index >= 15 is 0 Å². The Bertz CT molecular complexity index is 1230. The smallest absolute Gasteiger partial charge is 0.248 e. The molecule has 3 heterocycles. The number of fused-ring (bicyclic) bond motifs is 1. The maximum atomic E-state index is 11.4. The Hall–Kier alpha value is -3.56. The van der Waals surface area contributed by atoms with Gasteiger partial charge in [-0.25, -0.2) is 15.0 Å². The molecular weight excluding hydrogens is 438 g/mol. The molecule has 1 aliphatic heterocycles. The number of nitrogens with two attached hydrogens (primary N) is 3. The summed E-state index contributed by atoms with van der Waals surface area (Å²) in [6, 6.07) is 6.77. The third-order valence-electron chi connectivity index (χ3n) is 5.84. The molecule has 1 amide bonds. The van der Waals surface area contributed by atoms with E-state index in [1.165, 1.54) is 17.2 Å². The normalized spacial score (nSPS) is 22.9. The number of hydrogen-bond acceptors (Lipinski definition) is 9. The first kappa shape index (κ1) is 23.6. The lowest BCUT2D eigenvalue weighted by Gasteiger charge is -2.19. The number of aliphatic hydroxyl groups is 2. The molecule has 1 aromatic carbocycles. The number of anilines is 1. The highest BCUT2D eigenvalue weighted by atomic mass is 16.6. The van der Waals surface area contributed by atoms with Gasteiger partial charge in [-0.15, -0.1) is 0 Å². The lowest BCUT2D eigenvalue weighted by molar-refractivity contribution is -0.0397. The van der Waals surface area contributed by atoms with E-state index in [1.807, 2.05) is 0 Å². The molecular formula is C23H27N7O4. The second-order valence-corrected chi connectivity index (χ2v) is 8.21. The molecule has 0 saturated carbocycles. The second kappa shape index (κ2) is 10.1. The van der Waals surface area contributed by atoms with Crippen molar-refractivity contribution in [2.24, 2.45) is 17.4 Å². The van der Waals surface area contributed by atoms with Crippen LogP contribution in [0, 0.1) is 17.8 Å². The molecule has 34 heavy (non-hydrogen) atoms. The Morgan fingerprint density at radius 1 is 1.24 bits per heavy atom. The number of nitrogens with zero attached hydrogens (tertiary/aromatic N) is 4. The van der Waals surface area contributed by atoms with Crippen LogP contribution in [-0.4, -0.2) is 60.5 Å². The van der Waals surface area contributed by atoms with Crippen molar-refractivity contribution in [2.45, 2.75) is 43.8 Å². The third-order valence-corrected chi connectivity index (χ3v) is 5.84. The molecule has 0 aliphatic carbocycles. The number of benzene rings is 1. The van der Waals surface area contributed by atoms with Gasteiger partial charge in [0.05, 0.1) is 12.4 Å². The van der Waals surface area contributed by atoms with Crippen molar-refractivity contribution < 1.29 is 19.7 Å². The van der Waals surface area contributed by atoms with Crippen LogP contribution in [0.4, 0.5) is 5.82 Å². The number of amides is 1. The summed E-state index contributed by atoms with van der Waals surface area (Å²) < 4.78 is 7.59. The molecule has 11 heteroatoms. The topological polar surface area (TPSA) is 188 Å². The van der Waals surface area contributed by atoms with E-state index in [1.54, 1.807) is 24.3 Å². The molecule has 1 saturated heterocycles. The summed E-state index contributed by atoms with van der Waals surface area (Å²) in [6.45, 7) is 0.497. The first-order chi connectivity index (χ1) is 16.4. The Morgan fingerprint density at radius 3 is 2.82 bits per heavy atom. The molecule has 0 unspecified atom stereocenters. The summed E-state index contributed by atoms with van der Waals surface area (Å²) in [5, 5.41) is 21.4. The van der Waals surface area contributed by atoms with E-state index in [-0.39, 0.29) is 11.7 Å². The van der Waals surface area contributed by atoms with Crippen molar-refractivity contribution in [3.63, 3.8) is 0 Å². The maximum absolute atomic E-state index is 11.4. The van der Waals surface area contributed by atoms with Crippen LogP contribution in [0.5, 0.6) is 0 Å². The zero-order chi connectivity index (χ0) is 24.2. The molecule has 178 valence electrons. The van der Waals surface area contributed by atoms with Gasteiger partial charge in [-0.05, 0) is 44.0 Å². The fourth-order valence-electron chi connectivity index (χ4n) is 4.04. The summed E-state index contributed by atoms with van der Waals surface area (Å²) in [7, 11) is 0. The van der Waals surface area contributed by atoms with Crippen molar-refractivity contribution in [3.05, 3.63) is 48.0 Å². The van der Waals surface area contributed by atoms with Crippen LogP contribution in [0.25, 0.3) is 11.2 Å². The average molecular weight is 466 g/mol. The van der Waals surface area contributed by atoms with Gasteiger partial charge in [-0.2, -0.15) is 0 Å². The van der Waals surface area contributed by atoms with Crippen LogP contribution in [0.3, 0.4) is 0 Å². The van der Waals surface area contributed by atoms with Crippen LogP contribution in [-0.2, 0) is 4.74 Å². The minimum Gasteiger partial charge on any atom is -0.388 e. The molecule has 1 aliphatic rings. The standard InChI is InChI=1S/C23H27N7O4/c24-8-2-4-14(7-6-13-3-1-5-15(9-13)21(26)33)10-16-18(31)19(32)23(34-16)30-12-29-17-20(25)27-11-28-22(17)30/h1,3,5,9,11-12,14,16,18-19,23,31-32H,2,4,8,10,24H2,(H2,26,33)(H2,25,27,28)/t14-,16-,18-,19-,23-/m1/s1. The zero-order valence-electron chi connectivity index (χ0n) is 18.4. The summed E-state index contributed by atoms with van der Waals surface area (Å²) in [6.07, 6.45) is 0.645. The molecule has 0 spiro atoms. The molecule has 11 nitrogen and oxygen atoms in total. The summed E-state index contributed by atoms with van der Waals surface area (Å²) in [5.74, 6) is 5.80. The van der Waals surface area contributed by atoms with Gasteiger partial charge in [-0.1, -0.05) is 17.9 Å². The molecule has 0 radical (unpaired) electrons. The Morgan fingerprint density at radius 2 is 2.06 bits per heavy atom. The SMILES string of the molecule is NCCC[C@H](C#Cc1cccc(C(N)=O)c1)C[C@H]1O[C@@H](n2cnc3c(N)ncnc32)[C@H](O)[C@@H]1O. The summed E-state index contributed by atoms with van der Waals surface area (Å²) >= 11 is 0. The van der Waals surface area contributed by atoms with Gasteiger partial charge in [0.15, 0.2) is 17.7 Å². The van der Waals surface area contributed by atoms with E-state index in [0.29, 0.717) is 41.7 Å². The second-order valence-electron chi connectivity index (χ2n) is 8.21. The van der Waals surface area contributed by atoms with Crippen molar-refractivity contribution in [2.75, 3.05) is 12.3 Å². The number of aliphatic hydroxyl groups excluding tert-OH is 2. The molecule has 8 N–H and O–H groups in total. The zero-order valence-corrected chi connectivity index (χ0v) is 18.4. The van der Waals surface area contributed by atoms with Gasteiger partial charge in [0.1, 0.15) is 24.1 Å². The fourth-order valence-corrected chi connectivity index (χ4v) is 4.04. The fraction of sp³-hybridized carbons (Fsp3) is 0.391. The lowest BCUT2D eigenvalue weighted by atomic mass is 9.93. The van der Waals surface area contributed by atoms with E-state index < -0.39 is 30.4 Å². The van der Waals surface area contributed by atoms with Gasteiger partial charge in [-0.3, -0.25) is 9.36 Å². The van der Waals surface area contributed by atoms with Gasteiger partial charge in [0.2, 0.25) is 5.91 Å². The first-order valence-electron chi connectivity index (χ1n) is 10.9. The molecule has 3 aromatic rings. The molecule has 4 rings (SSSR count). The number of ether oxygens (including phenoxy) is 1. The van der Waals surface area contributed by atoms with Gasteiger partial charge in [0.25, 0.3) is 0 Å². The lowest BCUT2D eigenvalue weighted by Crippen LogP contribution is -2.32. The minimum atomic E-state index is -1.20. The number of primary amides is 1. The van der Waals surface area contributed by atoms with Gasteiger partial charge in [0, 0.05) is 17.0 Å². The highest BCUT2D eigenvalue weighted by Gasteiger charge is 2.44. The van der Waals surface area contributed by atoms with Gasteiger partial charge < -0.3 is 32.2 Å². The molecule has 5 atom stereocenters. The average Bonchev–Trinajstić information content (AvgIpc) is 3.38. The number of rotatable bonds is 7. The molecule has 0 bridgehead atoms. The van der Waals surface area contributed by atoms with Crippen LogP contribution >= 0.6 is 0 Å². The van der Waals surface area contributed by atoms with Crippen molar-refractivity contribution in [1.82, 2.24) is 19.5 Å². The van der Waals surface area contributed by atoms with E-state index in [2.05, 4.69) is 26.8 Å². The predicted octanol–water partition coefficient (Wildman–Crippen LogP) is -0.0765. The largest absolute Gasteiger partial charge is 0.388 e. The Balaban J connectivity index is 1.53. The van der Waals surface area contributed by atoms with E-state index in [0.717, 1.165) is 6.42 Å². The Labute approximate surface area is 196 Å². The molecule has 1 fully saturated rings. The highest BCUT2D eigenvalue weighted by Crippen LogP contribution is 2.35. The first-order valence-corrected chi connectivity index (χ1v) is 10.9. The number of imidazole rings is 1. The van der Waals surface area contributed by atoms with Crippen molar-refractivity contribution >= 4 is 22.9 Å². The van der Waals surface area contributed by atoms with E-state index in [9.17, 15) is 15.0 Å². The quantitative estimate of drug-likeness (QED) is 0.297. The predicted molar refractivity (Wildman–Crippen MR) is 124 cm³/mol. The molecule has 2 aromatic heterocycles. The van der Waals surface area contributed by atoms with Crippen LogP contribution in [0.2, 0.25) is 0 Å². The van der Waals surface area contributed by atoms with Crippen LogP contribution in [0.15, 0.2) is 36.9 Å². The van der Waals surface area contributed by atoms with Crippen LogP contribution in [0.1, 0.15) is 41.4 Å². The highest BCUT2D eigenvalue weighted by molar-refractivity contribution is 5.93. The monoisotopic (exact) mass is 465 g/mol. The van der Waals surface area contributed by atoms with Crippen molar-refractivity contribution in [1.29, 1.82) is 0 Å². The summed E-state index contributed by atoms with van der Waals surface area (Å²) in [4.78, 5) is 23.7. The number of aromatic nitrogens is 4. The van der Waals surface area contributed by atoms with Crippen LogP contribution < -0.4 is 17.2 Å².